The van der Waals surface area contributed by atoms with Crippen LogP contribution in [0, 0.1) is 6.92 Å². The van der Waals surface area contributed by atoms with Gasteiger partial charge in [0.2, 0.25) is 0 Å². The predicted molar refractivity (Wildman–Crippen MR) is 75.4 cm³/mol. The first-order chi connectivity index (χ1) is 8.69. The van der Waals surface area contributed by atoms with E-state index < -0.39 is 0 Å². The number of aromatic nitrogens is 1. The van der Waals surface area contributed by atoms with Crippen molar-refractivity contribution in [3.63, 3.8) is 0 Å². The molecule has 0 radical (unpaired) electrons. The highest BCUT2D eigenvalue weighted by atomic mass is 35.5. The first kappa shape index (κ1) is 13.3. The minimum absolute atomic E-state index is 0.545. The molecule has 1 N–H and O–H groups in total. The van der Waals surface area contributed by atoms with Crippen LogP contribution in [0.25, 0.3) is 0 Å². The summed E-state index contributed by atoms with van der Waals surface area (Å²) in [7, 11) is 1.90. The molecule has 0 spiro atoms. The fourth-order valence-electron chi connectivity index (χ4n) is 1.64. The van der Waals surface area contributed by atoms with Crippen molar-refractivity contribution in [1.29, 1.82) is 0 Å². The Hall–Kier alpha value is -1.10. The largest absolute Gasteiger partial charge is 0.488 e. The van der Waals surface area contributed by atoms with Crippen molar-refractivity contribution in [2.45, 2.75) is 20.1 Å². The molecule has 0 amide bonds. The van der Waals surface area contributed by atoms with Crippen LogP contribution in [0.3, 0.4) is 0 Å². The Morgan fingerprint density at radius 1 is 1.44 bits per heavy atom. The van der Waals surface area contributed by atoms with E-state index >= 15 is 0 Å². The summed E-state index contributed by atoms with van der Waals surface area (Å²) in [6.07, 6.45) is 1.85. The zero-order chi connectivity index (χ0) is 13.0. The van der Waals surface area contributed by atoms with E-state index in [4.69, 9.17) is 16.3 Å². The summed E-state index contributed by atoms with van der Waals surface area (Å²) >= 11 is 7.63. The van der Waals surface area contributed by atoms with Crippen molar-refractivity contribution < 1.29 is 4.74 Å². The summed E-state index contributed by atoms with van der Waals surface area (Å²) in [5.41, 5.74) is 1.06. The number of halogens is 1. The van der Waals surface area contributed by atoms with Gasteiger partial charge in [-0.2, -0.15) is 0 Å². The average molecular weight is 283 g/mol. The minimum Gasteiger partial charge on any atom is -0.488 e. The Labute approximate surface area is 116 Å². The van der Waals surface area contributed by atoms with Crippen LogP contribution in [0.5, 0.6) is 5.75 Å². The molecule has 0 aliphatic heterocycles. The Morgan fingerprint density at radius 3 is 2.94 bits per heavy atom. The number of nitrogens with zero attached hydrogens (tertiary/aromatic N) is 1. The lowest BCUT2D eigenvalue weighted by molar-refractivity contribution is 0.305. The second kappa shape index (κ2) is 6.18. The number of hydrogen-bond donors (Lipinski definition) is 1. The number of aryl methyl sites for hydroxylation is 1. The van der Waals surface area contributed by atoms with E-state index in [0.29, 0.717) is 6.61 Å². The maximum Gasteiger partial charge on any atom is 0.124 e. The van der Waals surface area contributed by atoms with E-state index in [1.54, 1.807) is 11.3 Å². The summed E-state index contributed by atoms with van der Waals surface area (Å²) in [4.78, 5) is 5.33. The van der Waals surface area contributed by atoms with Gasteiger partial charge in [0.15, 0.2) is 0 Å². The third kappa shape index (κ3) is 3.45. The van der Waals surface area contributed by atoms with Crippen molar-refractivity contribution in [2.24, 2.45) is 0 Å². The molecule has 0 saturated carbocycles. The number of thiazole rings is 1. The Kier molecular flexibility index (Phi) is 4.58. The first-order valence-electron chi connectivity index (χ1n) is 5.66. The van der Waals surface area contributed by atoms with Crippen LogP contribution in [0.1, 0.15) is 15.4 Å². The van der Waals surface area contributed by atoms with Crippen LogP contribution in [0.2, 0.25) is 5.02 Å². The van der Waals surface area contributed by atoms with E-state index in [1.807, 2.05) is 38.4 Å². The maximum absolute atomic E-state index is 5.98. The molecule has 1 aromatic heterocycles. The molecule has 1 aromatic carbocycles. The standard InChI is InChI=1S/C13H15ClN2OS/c1-9-16-7-12(18-9)8-17-13-4-3-11(14)5-10(13)6-15-2/h3-5,7,15H,6,8H2,1-2H3. The molecule has 5 heteroatoms. The van der Waals surface area contributed by atoms with Crippen LogP contribution < -0.4 is 10.1 Å². The van der Waals surface area contributed by atoms with E-state index in [0.717, 1.165) is 32.8 Å². The third-order valence-electron chi connectivity index (χ3n) is 2.43. The van der Waals surface area contributed by atoms with Crippen LogP contribution in [-0.4, -0.2) is 12.0 Å². The lowest BCUT2D eigenvalue weighted by atomic mass is 10.2. The molecule has 2 rings (SSSR count). The van der Waals surface area contributed by atoms with E-state index in [1.165, 1.54) is 0 Å². The Bertz CT molecular complexity index is 527. The molecule has 3 nitrogen and oxygen atoms in total. The first-order valence-corrected chi connectivity index (χ1v) is 6.85. The van der Waals surface area contributed by atoms with Gasteiger partial charge < -0.3 is 10.1 Å². The van der Waals surface area contributed by atoms with Gasteiger partial charge in [0.05, 0.1) is 9.88 Å². The van der Waals surface area contributed by atoms with Gasteiger partial charge in [-0.3, -0.25) is 0 Å². The molecule has 0 aliphatic rings. The highest BCUT2D eigenvalue weighted by molar-refractivity contribution is 7.11. The maximum atomic E-state index is 5.98. The van der Waals surface area contributed by atoms with E-state index in [-0.39, 0.29) is 0 Å². The lowest BCUT2D eigenvalue weighted by Crippen LogP contribution is -2.07. The molecule has 0 bridgehead atoms. The number of nitrogens with one attached hydrogen (secondary N) is 1. The van der Waals surface area contributed by atoms with Gasteiger partial charge in [-0.1, -0.05) is 11.6 Å². The van der Waals surface area contributed by atoms with Crippen molar-refractivity contribution in [3.8, 4) is 5.75 Å². The van der Waals surface area contributed by atoms with Crippen molar-refractivity contribution in [2.75, 3.05) is 7.05 Å². The van der Waals surface area contributed by atoms with Gasteiger partial charge in [0.1, 0.15) is 12.4 Å². The van der Waals surface area contributed by atoms with Gasteiger partial charge in [-0.15, -0.1) is 11.3 Å². The van der Waals surface area contributed by atoms with E-state index in [2.05, 4.69) is 10.3 Å². The minimum atomic E-state index is 0.545. The molecular formula is C13H15ClN2OS. The van der Waals surface area contributed by atoms with E-state index in [9.17, 15) is 0 Å². The zero-order valence-corrected chi connectivity index (χ0v) is 11.9. The van der Waals surface area contributed by atoms with Gasteiger partial charge in [-0.25, -0.2) is 4.98 Å². The molecule has 0 fully saturated rings. The molecule has 0 unspecified atom stereocenters. The molecule has 1 heterocycles. The quantitative estimate of drug-likeness (QED) is 0.913. The fraction of sp³-hybridized carbons (Fsp3) is 0.308. The van der Waals surface area contributed by atoms with Gasteiger partial charge in [-0.05, 0) is 32.2 Å². The SMILES string of the molecule is CNCc1cc(Cl)ccc1OCc1cnc(C)s1. The van der Waals surface area contributed by atoms with Crippen molar-refractivity contribution >= 4 is 22.9 Å². The normalized spacial score (nSPS) is 10.6. The second-order valence-electron chi connectivity index (χ2n) is 3.92. The second-order valence-corrected chi connectivity index (χ2v) is 5.67. The molecule has 0 aliphatic carbocycles. The predicted octanol–water partition coefficient (Wildman–Crippen LogP) is 3.40. The molecule has 0 saturated heterocycles. The summed E-state index contributed by atoms with van der Waals surface area (Å²) < 4.78 is 5.82. The number of ether oxygens (including phenoxy) is 1. The number of rotatable bonds is 5. The van der Waals surface area contributed by atoms with Crippen LogP contribution in [0.4, 0.5) is 0 Å². The Balaban J connectivity index is 2.08. The number of benzene rings is 1. The monoisotopic (exact) mass is 282 g/mol. The molecular weight excluding hydrogens is 268 g/mol. The molecule has 18 heavy (non-hydrogen) atoms. The summed E-state index contributed by atoms with van der Waals surface area (Å²) in [6, 6.07) is 5.67. The molecule has 0 atom stereocenters. The van der Waals surface area contributed by atoms with Crippen LogP contribution in [0.15, 0.2) is 24.4 Å². The topological polar surface area (TPSA) is 34.1 Å². The van der Waals surface area contributed by atoms with Gasteiger partial charge in [0.25, 0.3) is 0 Å². The van der Waals surface area contributed by atoms with Crippen LogP contribution in [-0.2, 0) is 13.2 Å². The summed E-state index contributed by atoms with van der Waals surface area (Å²) in [6.45, 7) is 3.27. The molecule has 96 valence electrons. The Morgan fingerprint density at radius 2 is 2.28 bits per heavy atom. The lowest BCUT2D eigenvalue weighted by Gasteiger charge is -2.10. The number of hydrogen-bond acceptors (Lipinski definition) is 4. The zero-order valence-electron chi connectivity index (χ0n) is 10.4. The summed E-state index contributed by atoms with van der Waals surface area (Å²) in [5, 5.41) is 4.88. The average Bonchev–Trinajstić information content (AvgIpc) is 2.75. The highest BCUT2D eigenvalue weighted by Gasteiger charge is 2.05. The van der Waals surface area contributed by atoms with Gasteiger partial charge in [0, 0.05) is 23.3 Å². The smallest absolute Gasteiger partial charge is 0.124 e. The van der Waals surface area contributed by atoms with Crippen LogP contribution >= 0.6 is 22.9 Å². The summed E-state index contributed by atoms with van der Waals surface area (Å²) in [5.74, 6) is 0.861. The van der Waals surface area contributed by atoms with Gasteiger partial charge >= 0.3 is 0 Å². The molecule has 2 aromatic rings. The highest BCUT2D eigenvalue weighted by Crippen LogP contribution is 2.24. The fourth-order valence-corrected chi connectivity index (χ4v) is 2.54. The van der Waals surface area contributed by atoms with Crippen molar-refractivity contribution in [3.05, 3.63) is 44.9 Å². The third-order valence-corrected chi connectivity index (χ3v) is 3.55. The van der Waals surface area contributed by atoms with Crippen molar-refractivity contribution in [1.82, 2.24) is 10.3 Å².